The Morgan fingerprint density at radius 1 is 0.520 bits per heavy atom. The van der Waals surface area contributed by atoms with Gasteiger partial charge in [0.1, 0.15) is 0 Å². The van der Waals surface area contributed by atoms with Crippen molar-refractivity contribution in [3.05, 3.63) is 0 Å². The molecule has 0 aromatic rings. The monoisotopic (exact) mass is 365 g/mol. The van der Waals surface area contributed by atoms with Crippen molar-refractivity contribution in [3.63, 3.8) is 0 Å². The summed E-state index contributed by atoms with van der Waals surface area (Å²) in [5.41, 5.74) is 0. The summed E-state index contributed by atoms with van der Waals surface area (Å²) in [5, 5.41) is 27.4. The van der Waals surface area contributed by atoms with Crippen molar-refractivity contribution in [2.75, 3.05) is 39.5 Å². The van der Waals surface area contributed by atoms with Gasteiger partial charge in [-0.1, -0.05) is 0 Å². The number of ether oxygens (including phenoxy) is 3. The largest absolute Gasteiger partial charge is 0.394 e. The Hall–Kier alpha value is -0.280. The fourth-order valence-corrected chi connectivity index (χ4v) is 2.76. The van der Waals surface area contributed by atoms with Crippen molar-refractivity contribution in [2.24, 2.45) is 0 Å². The number of aliphatic hydroxyl groups is 3. The molecule has 0 fully saturated rings. The van der Waals surface area contributed by atoms with E-state index >= 15 is 0 Å². The van der Waals surface area contributed by atoms with Crippen molar-refractivity contribution in [3.8, 4) is 0 Å². The lowest BCUT2D eigenvalue weighted by Gasteiger charge is -2.32. The van der Waals surface area contributed by atoms with Crippen LogP contribution < -0.4 is 0 Å². The second-order valence-corrected chi connectivity index (χ2v) is 7.04. The molecule has 0 aliphatic carbocycles. The predicted molar refractivity (Wildman–Crippen MR) is 97.7 cm³/mol. The Labute approximate surface area is 152 Å². The molecular weight excluding hydrogens is 326 g/mol. The minimum absolute atomic E-state index is 0.00853. The molecule has 0 saturated heterocycles. The number of nitrogens with zero attached hydrogens (tertiary/aromatic N) is 1. The number of rotatable bonds is 15. The fourth-order valence-electron chi connectivity index (χ4n) is 2.76. The molecule has 0 aliphatic rings. The normalized spacial score (nSPS) is 19.4. The summed E-state index contributed by atoms with van der Waals surface area (Å²) in [6, 6.07) is 0. The smallest absolute Gasteiger partial charge is 0.0781 e. The molecule has 0 bridgehead atoms. The van der Waals surface area contributed by atoms with Gasteiger partial charge in [0.2, 0.25) is 0 Å². The average molecular weight is 366 g/mol. The van der Waals surface area contributed by atoms with E-state index in [4.69, 9.17) is 29.5 Å². The van der Waals surface area contributed by atoms with Crippen molar-refractivity contribution in [1.82, 2.24) is 4.90 Å². The van der Waals surface area contributed by atoms with Gasteiger partial charge in [-0.3, -0.25) is 4.90 Å². The maximum absolute atomic E-state index is 9.14. The molecule has 0 spiro atoms. The van der Waals surface area contributed by atoms with Crippen molar-refractivity contribution in [1.29, 1.82) is 0 Å². The van der Waals surface area contributed by atoms with Gasteiger partial charge in [-0.2, -0.15) is 0 Å². The molecule has 7 nitrogen and oxygen atoms in total. The molecule has 6 atom stereocenters. The molecule has 152 valence electrons. The van der Waals surface area contributed by atoms with Gasteiger partial charge in [0, 0.05) is 19.6 Å². The lowest BCUT2D eigenvalue weighted by Crippen LogP contribution is -2.44. The molecule has 7 heteroatoms. The predicted octanol–water partition coefficient (Wildman–Crippen LogP) is 0.646. The summed E-state index contributed by atoms with van der Waals surface area (Å²) < 4.78 is 17.2. The van der Waals surface area contributed by atoms with E-state index < -0.39 is 0 Å². The first kappa shape index (κ1) is 24.7. The summed E-state index contributed by atoms with van der Waals surface area (Å²) in [5.74, 6) is 0. The third-order valence-electron chi connectivity index (χ3n) is 3.71. The Bertz CT molecular complexity index is 272. The van der Waals surface area contributed by atoms with Crippen LogP contribution in [0.15, 0.2) is 0 Å². The molecule has 0 rings (SSSR count). The van der Waals surface area contributed by atoms with Crippen LogP contribution in [-0.2, 0) is 14.2 Å². The van der Waals surface area contributed by atoms with Gasteiger partial charge < -0.3 is 29.5 Å². The van der Waals surface area contributed by atoms with E-state index in [1.165, 1.54) is 0 Å². The van der Waals surface area contributed by atoms with Gasteiger partial charge in [-0.25, -0.2) is 0 Å². The fraction of sp³-hybridized carbons (Fsp3) is 1.00. The Morgan fingerprint density at radius 2 is 0.760 bits per heavy atom. The zero-order valence-electron chi connectivity index (χ0n) is 16.7. The number of hydrogen-bond acceptors (Lipinski definition) is 7. The molecule has 0 heterocycles. The first-order chi connectivity index (χ1) is 11.7. The molecule has 3 N–H and O–H groups in total. The van der Waals surface area contributed by atoms with Crippen LogP contribution in [0.25, 0.3) is 0 Å². The standard InChI is InChI=1S/C18H39NO6/c1-13(23-16(4)10-20)7-19(8-14(2)24-17(5)11-21)9-15(3)25-18(6)12-22/h13-18,20-22H,7-12H2,1-6H3. The third-order valence-corrected chi connectivity index (χ3v) is 3.71. The number of aliphatic hydroxyl groups excluding tert-OH is 3. The average Bonchev–Trinajstić information content (AvgIpc) is 2.53. The Balaban J connectivity index is 4.68. The molecule has 0 saturated carbocycles. The van der Waals surface area contributed by atoms with Gasteiger partial charge in [0.05, 0.1) is 56.4 Å². The summed E-state index contributed by atoms with van der Waals surface area (Å²) in [7, 11) is 0. The van der Waals surface area contributed by atoms with Gasteiger partial charge in [-0.15, -0.1) is 0 Å². The molecule has 0 aromatic heterocycles. The molecule has 0 aromatic carbocycles. The van der Waals surface area contributed by atoms with Gasteiger partial charge in [0.25, 0.3) is 0 Å². The second-order valence-electron chi connectivity index (χ2n) is 7.04. The summed E-state index contributed by atoms with van der Waals surface area (Å²) in [6.45, 7) is 13.4. The molecule has 0 aliphatic heterocycles. The van der Waals surface area contributed by atoms with E-state index in [0.29, 0.717) is 19.6 Å². The highest BCUT2D eigenvalue weighted by Crippen LogP contribution is 2.08. The molecule has 0 amide bonds. The molecule has 6 unspecified atom stereocenters. The summed E-state index contributed by atoms with van der Waals surface area (Å²) in [4.78, 5) is 2.19. The zero-order valence-corrected chi connectivity index (χ0v) is 16.7. The lowest BCUT2D eigenvalue weighted by molar-refractivity contribution is -0.0739. The summed E-state index contributed by atoms with van der Waals surface area (Å²) in [6.07, 6.45) is -0.764. The van der Waals surface area contributed by atoms with Crippen LogP contribution in [0.4, 0.5) is 0 Å². The van der Waals surface area contributed by atoms with Crippen LogP contribution in [-0.4, -0.2) is 96.3 Å². The second kappa shape index (κ2) is 13.9. The van der Waals surface area contributed by atoms with E-state index in [1.54, 1.807) is 0 Å². The van der Waals surface area contributed by atoms with E-state index in [0.717, 1.165) is 0 Å². The highest BCUT2D eigenvalue weighted by atomic mass is 16.5. The highest BCUT2D eigenvalue weighted by molar-refractivity contribution is 4.71. The molecule has 0 radical (unpaired) electrons. The van der Waals surface area contributed by atoms with E-state index in [2.05, 4.69) is 4.90 Å². The van der Waals surface area contributed by atoms with Crippen LogP contribution in [0.1, 0.15) is 41.5 Å². The third kappa shape index (κ3) is 12.7. The lowest BCUT2D eigenvalue weighted by atomic mass is 10.2. The maximum Gasteiger partial charge on any atom is 0.0781 e. The number of hydrogen-bond donors (Lipinski definition) is 3. The van der Waals surface area contributed by atoms with Gasteiger partial charge in [-0.05, 0) is 41.5 Å². The highest BCUT2D eigenvalue weighted by Gasteiger charge is 2.20. The van der Waals surface area contributed by atoms with Crippen molar-refractivity contribution >= 4 is 0 Å². The van der Waals surface area contributed by atoms with E-state index in [-0.39, 0.29) is 56.4 Å². The van der Waals surface area contributed by atoms with E-state index in [1.807, 2.05) is 41.5 Å². The minimum Gasteiger partial charge on any atom is -0.394 e. The van der Waals surface area contributed by atoms with Crippen LogP contribution in [0.5, 0.6) is 0 Å². The minimum atomic E-state index is -0.206. The Morgan fingerprint density at radius 3 is 0.960 bits per heavy atom. The van der Waals surface area contributed by atoms with Gasteiger partial charge in [0.15, 0.2) is 0 Å². The zero-order chi connectivity index (χ0) is 19.4. The first-order valence-corrected chi connectivity index (χ1v) is 9.23. The molecule has 25 heavy (non-hydrogen) atoms. The van der Waals surface area contributed by atoms with Crippen LogP contribution in [0.2, 0.25) is 0 Å². The summed E-state index contributed by atoms with van der Waals surface area (Å²) >= 11 is 0. The maximum atomic E-state index is 9.14. The van der Waals surface area contributed by atoms with Crippen LogP contribution in [0, 0.1) is 0 Å². The van der Waals surface area contributed by atoms with Crippen LogP contribution in [0.3, 0.4) is 0 Å². The topological polar surface area (TPSA) is 91.6 Å². The quantitative estimate of drug-likeness (QED) is 0.392. The van der Waals surface area contributed by atoms with Crippen molar-refractivity contribution in [2.45, 2.75) is 78.2 Å². The first-order valence-electron chi connectivity index (χ1n) is 9.23. The van der Waals surface area contributed by atoms with Gasteiger partial charge >= 0.3 is 0 Å². The molecular formula is C18H39NO6. The van der Waals surface area contributed by atoms with Crippen molar-refractivity contribution < 1.29 is 29.5 Å². The SMILES string of the molecule is CC(CO)OC(C)CN(CC(C)OC(C)CO)CC(C)OC(C)CO. The Kier molecular flexibility index (Phi) is 13.7. The van der Waals surface area contributed by atoms with Crippen LogP contribution >= 0.6 is 0 Å². The van der Waals surface area contributed by atoms with E-state index in [9.17, 15) is 0 Å².